The molecule has 0 radical (unpaired) electrons. The normalized spacial score (nSPS) is 15.6. The summed E-state index contributed by atoms with van der Waals surface area (Å²) in [7, 11) is 2.28. The van der Waals surface area contributed by atoms with Gasteiger partial charge < -0.3 is 4.52 Å². The molecule has 0 N–H and O–H groups in total. The van der Waals surface area contributed by atoms with Crippen molar-refractivity contribution < 1.29 is 4.52 Å². The Morgan fingerprint density at radius 3 is 1.94 bits per heavy atom. The van der Waals surface area contributed by atoms with Gasteiger partial charge in [0.15, 0.2) is 0 Å². The van der Waals surface area contributed by atoms with Crippen molar-refractivity contribution in [1.29, 1.82) is 0 Å². The van der Waals surface area contributed by atoms with E-state index in [0.29, 0.717) is 0 Å². The molecule has 0 bridgehead atoms. The van der Waals surface area contributed by atoms with Crippen LogP contribution in [-0.4, -0.2) is 17.0 Å². The standard InChI is InChI=1S/C13H21ClNOP/c1-10(2)15(11(3)4)13(14,16-17)12-8-6-5-7-9-12/h5-11H,17H2,1-4H3. The third-order valence-electron chi connectivity index (χ3n) is 2.73. The number of hydrogen-bond acceptors (Lipinski definition) is 2. The van der Waals surface area contributed by atoms with Gasteiger partial charge in [0.05, 0.1) is 0 Å². The van der Waals surface area contributed by atoms with Crippen molar-refractivity contribution in [3.8, 4) is 0 Å². The predicted octanol–water partition coefficient (Wildman–Crippen LogP) is 3.96. The Balaban J connectivity index is 3.18. The largest absolute Gasteiger partial charge is 0.326 e. The van der Waals surface area contributed by atoms with E-state index in [-0.39, 0.29) is 12.1 Å². The fraction of sp³-hybridized carbons (Fsp3) is 0.538. The number of nitrogens with zero attached hydrogens (tertiary/aromatic N) is 1. The van der Waals surface area contributed by atoms with Gasteiger partial charge in [0, 0.05) is 27.1 Å². The summed E-state index contributed by atoms with van der Waals surface area (Å²) in [6, 6.07) is 10.4. The molecule has 0 aliphatic heterocycles. The minimum Gasteiger partial charge on any atom is -0.326 e. The highest BCUT2D eigenvalue weighted by Crippen LogP contribution is 2.39. The molecule has 0 saturated heterocycles. The van der Waals surface area contributed by atoms with Crippen LogP contribution in [0.4, 0.5) is 0 Å². The highest BCUT2D eigenvalue weighted by atomic mass is 35.5. The molecule has 1 rings (SSSR count). The molecule has 0 heterocycles. The zero-order chi connectivity index (χ0) is 13.1. The molecular formula is C13H21ClNOP. The maximum absolute atomic E-state index is 6.69. The molecule has 0 aromatic heterocycles. The van der Waals surface area contributed by atoms with Crippen molar-refractivity contribution in [3.63, 3.8) is 0 Å². The van der Waals surface area contributed by atoms with Crippen LogP contribution in [0, 0.1) is 0 Å². The molecule has 0 saturated carbocycles. The summed E-state index contributed by atoms with van der Waals surface area (Å²) in [6.07, 6.45) is 0. The molecule has 2 atom stereocenters. The molecule has 0 spiro atoms. The van der Waals surface area contributed by atoms with E-state index in [1.165, 1.54) is 0 Å². The molecule has 0 amide bonds. The van der Waals surface area contributed by atoms with Gasteiger partial charge in [-0.1, -0.05) is 41.9 Å². The van der Waals surface area contributed by atoms with Gasteiger partial charge in [0.1, 0.15) is 0 Å². The molecule has 1 aromatic carbocycles. The first-order valence-electron chi connectivity index (χ1n) is 5.84. The first-order chi connectivity index (χ1) is 7.93. The van der Waals surface area contributed by atoms with Crippen molar-refractivity contribution in [3.05, 3.63) is 35.9 Å². The first kappa shape index (κ1) is 14.9. The van der Waals surface area contributed by atoms with E-state index in [1.807, 2.05) is 30.3 Å². The second-order valence-corrected chi connectivity index (χ2v) is 5.39. The lowest BCUT2D eigenvalue weighted by molar-refractivity contribution is -0.0478. The van der Waals surface area contributed by atoms with E-state index in [0.717, 1.165) is 5.56 Å². The van der Waals surface area contributed by atoms with Crippen molar-refractivity contribution in [2.24, 2.45) is 0 Å². The lowest BCUT2D eigenvalue weighted by Gasteiger charge is -2.43. The number of rotatable bonds is 5. The number of halogens is 1. The first-order valence-corrected chi connectivity index (χ1v) is 6.69. The van der Waals surface area contributed by atoms with E-state index < -0.39 is 5.18 Å². The Bertz CT molecular complexity index is 337. The molecular weight excluding hydrogens is 253 g/mol. The van der Waals surface area contributed by atoms with E-state index in [9.17, 15) is 0 Å². The maximum atomic E-state index is 6.69. The highest BCUT2D eigenvalue weighted by molar-refractivity contribution is 7.10. The molecule has 0 fully saturated rings. The lowest BCUT2D eigenvalue weighted by Crippen LogP contribution is -2.50. The van der Waals surface area contributed by atoms with Gasteiger partial charge in [-0.2, -0.15) is 0 Å². The lowest BCUT2D eigenvalue weighted by atomic mass is 10.1. The fourth-order valence-electron chi connectivity index (χ4n) is 2.18. The van der Waals surface area contributed by atoms with Crippen LogP contribution in [-0.2, 0) is 9.71 Å². The molecule has 2 unspecified atom stereocenters. The monoisotopic (exact) mass is 273 g/mol. The summed E-state index contributed by atoms with van der Waals surface area (Å²) in [5, 5.41) is -0.936. The second-order valence-electron chi connectivity index (χ2n) is 4.64. The predicted molar refractivity (Wildman–Crippen MR) is 76.9 cm³/mol. The van der Waals surface area contributed by atoms with E-state index in [1.54, 1.807) is 0 Å². The quantitative estimate of drug-likeness (QED) is 0.348. The van der Waals surface area contributed by atoms with Gasteiger partial charge in [-0.05, 0) is 27.7 Å². The van der Waals surface area contributed by atoms with Crippen molar-refractivity contribution in [2.45, 2.75) is 45.0 Å². The van der Waals surface area contributed by atoms with Crippen LogP contribution >= 0.6 is 21.1 Å². The smallest absolute Gasteiger partial charge is 0.228 e. The van der Waals surface area contributed by atoms with Crippen LogP contribution in [0.2, 0.25) is 0 Å². The number of hydrogen-bond donors (Lipinski definition) is 0. The topological polar surface area (TPSA) is 12.5 Å². The van der Waals surface area contributed by atoms with Gasteiger partial charge in [0.25, 0.3) is 0 Å². The van der Waals surface area contributed by atoms with Gasteiger partial charge in [-0.25, -0.2) is 0 Å². The van der Waals surface area contributed by atoms with E-state index in [4.69, 9.17) is 16.1 Å². The number of alkyl halides is 1. The Morgan fingerprint density at radius 2 is 1.59 bits per heavy atom. The molecule has 17 heavy (non-hydrogen) atoms. The van der Waals surface area contributed by atoms with Gasteiger partial charge in [-0.15, -0.1) is 0 Å². The summed E-state index contributed by atoms with van der Waals surface area (Å²) in [5.74, 6) is 0. The Labute approximate surface area is 112 Å². The summed E-state index contributed by atoms with van der Waals surface area (Å²) >= 11 is 6.69. The molecule has 4 heteroatoms. The zero-order valence-electron chi connectivity index (χ0n) is 10.9. The molecule has 1 aromatic rings. The minimum absolute atomic E-state index is 0.285. The van der Waals surface area contributed by atoms with Gasteiger partial charge in [0.2, 0.25) is 5.18 Å². The maximum Gasteiger partial charge on any atom is 0.228 e. The van der Waals surface area contributed by atoms with Crippen LogP contribution in [0.5, 0.6) is 0 Å². The van der Waals surface area contributed by atoms with Crippen LogP contribution < -0.4 is 0 Å². The molecule has 0 aliphatic rings. The fourth-order valence-corrected chi connectivity index (χ4v) is 2.96. The second kappa shape index (κ2) is 6.15. The van der Waals surface area contributed by atoms with Crippen molar-refractivity contribution >= 4 is 21.1 Å². The van der Waals surface area contributed by atoms with E-state index >= 15 is 0 Å². The molecule has 0 aliphatic carbocycles. The van der Waals surface area contributed by atoms with Crippen LogP contribution in [0.3, 0.4) is 0 Å². The van der Waals surface area contributed by atoms with Crippen LogP contribution in [0.25, 0.3) is 0 Å². The molecule has 2 nitrogen and oxygen atoms in total. The Hall–Kier alpha value is -0.140. The average Bonchev–Trinajstić information content (AvgIpc) is 2.29. The van der Waals surface area contributed by atoms with Gasteiger partial charge in [-0.3, -0.25) is 4.90 Å². The third kappa shape index (κ3) is 3.20. The summed E-state index contributed by atoms with van der Waals surface area (Å²) in [5.41, 5.74) is 0.944. The molecule has 96 valence electrons. The highest BCUT2D eigenvalue weighted by Gasteiger charge is 2.39. The zero-order valence-corrected chi connectivity index (χ0v) is 12.8. The summed E-state index contributed by atoms with van der Waals surface area (Å²) < 4.78 is 5.52. The third-order valence-corrected chi connectivity index (χ3v) is 3.72. The van der Waals surface area contributed by atoms with Crippen LogP contribution in [0.15, 0.2) is 30.3 Å². The SMILES string of the molecule is CC(C)N(C(C)C)C(Cl)(OP)c1ccccc1. The Kier molecular flexibility index (Phi) is 5.40. The van der Waals surface area contributed by atoms with Crippen molar-refractivity contribution in [1.82, 2.24) is 4.90 Å². The van der Waals surface area contributed by atoms with E-state index in [2.05, 4.69) is 42.1 Å². The summed E-state index contributed by atoms with van der Waals surface area (Å²) in [6.45, 7) is 8.46. The summed E-state index contributed by atoms with van der Waals surface area (Å²) in [4.78, 5) is 2.14. The van der Waals surface area contributed by atoms with Crippen LogP contribution in [0.1, 0.15) is 33.3 Å². The average molecular weight is 274 g/mol. The van der Waals surface area contributed by atoms with Crippen molar-refractivity contribution in [2.75, 3.05) is 0 Å². The minimum atomic E-state index is -0.936. The Morgan fingerprint density at radius 1 is 1.12 bits per heavy atom. The number of benzene rings is 1. The van der Waals surface area contributed by atoms with Gasteiger partial charge >= 0.3 is 0 Å².